The van der Waals surface area contributed by atoms with Gasteiger partial charge in [-0.1, -0.05) is 127 Å². The lowest BCUT2D eigenvalue weighted by Gasteiger charge is -2.07. The second-order valence-electron chi connectivity index (χ2n) is 13.7. The molecule has 1 aliphatic rings. The van der Waals surface area contributed by atoms with E-state index in [9.17, 15) is 0 Å². The Balaban J connectivity index is 0.000000179. The first-order chi connectivity index (χ1) is 27.4. The van der Waals surface area contributed by atoms with Crippen LogP contribution in [0.3, 0.4) is 0 Å². The predicted molar refractivity (Wildman–Crippen MR) is 255 cm³/mol. The Hall–Kier alpha value is -3.40. The van der Waals surface area contributed by atoms with Crippen molar-refractivity contribution in [1.29, 1.82) is 0 Å². The topological polar surface area (TPSA) is 53.3 Å². The molecule has 0 N–H and O–H groups in total. The van der Waals surface area contributed by atoms with Gasteiger partial charge in [-0.3, -0.25) is 0 Å². The molecule has 58 heavy (non-hydrogen) atoms. The van der Waals surface area contributed by atoms with Crippen molar-refractivity contribution in [3.05, 3.63) is 213 Å². The van der Waals surface area contributed by atoms with Crippen LogP contribution in [0.1, 0.15) is 44.5 Å². The zero-order chi connectivity index (χ0) is 38.7. The average molecular weight is 1160 g/mol. The Morgan fingerprint density at radius 1 is 0.552 bits per heavy atom. The highest BCUT2D eigenvalue weighted by Crippen LogP contribution is 2.26. The number of halogens is 6. The molecule has 1 aliphatic heterocycles. The van der Waals surface area contributed by atoms with Crippen molar-refractivity contribution in [2.75, 3.05) is 0 Å². The van der Waals surface area contributed by atoms with Gasteiger partial charge in [0, 0.05) is 68.6 Å². The highest BCUT2D eigenvalue weighted by molar-refractivity contribution is 9.11. The molecule has 0 radical (unpaired) electrons. The number of rotatable bonds is 6. The summed E-state index contributed by atoms with van der Waals surface area (Å²) in [4.78, 5) is 8.10. The number of imidazole rings is 4. The standard InChI is InChI=1S/C22H21BrN4.C14H14N4.C8H7Br3.2BrH/c23-22-20-5-2-6-21(22)15-27-10-8-25(17-27)13-19-4-1-3-18(11-19)12-24-7-9-26(14-20)16-24;1-2-13(9-17-6-4-15-11-17)8-14(3-1)10-18-7-5-16-12-18;9-4-6-2-1-3-7(5-10)8(6)11;;/h1-11,16-17H,12-15H2;1-8,11-12H,9-10H2;1-3H,4-5H2;2*1H/q+2;;;;. The molecule has 4 aromatic heterocycles. The van der Waals surface area contributed by atoms with Crippen LogP contribution in [0.25, 0.3) is 0 Å². The monoisotopic (exact) mass is 1160 g/mol. The van der Waals surface area contributed by atoms with Crippen LogP contribution in [0.4, 0.5) is 0 Å². The van der Waals surface area contributed by atoms with Gasteiger partial charge in [0.25, 0.3) is 0 Å². The third kappa shape index (κ3) is 12.8. The van der Waals surface area contributed by atoms with Crippen LogP contribution in [0, 0.1) is 0 Å². The van der Waals surface area contributed by atoms with E-state index in [0.717, 1.165) is 49.9 Å². The van der Waals surface area contributed by atoms with Crippen LogP contribution in [-0.4, -0.2) is 28.2 Å². The average Bonchev–Trinajstić information content (AvgIpc) is 4.05. The molecule has 0 aliphatic carbocycles. The molecule has 5 heterocycles. The van der Waals surface area contributed by atoms with E-state index in [4.69, 9.17) is 0 Å². The Bertz CT molecular complexity index is 2300. The van der Waals surface area contributed by atoms with Crippen molar-refractivity contribution in [1.82, 2.24) is 28.2 Å². The third-order valence-corrected chi connectivity index (χ3v) is 12.6. The SMILES string of the molecule is Br.Br.BrCc1cccc(CBr)c1Br.Brc1c2cccc1Cn1cc[n+](c1)Cc1cccc(c1)C[n+]1ccn(c1)C2.c1cc(Cn2ccnc2)cc(Cn2ccnc2)c1. The molecule has 8 bridgehead atoms. The van der Waals surface area contributed by atoms with Crippen LogP contribution in [0.15, 0.2) is 169 Å². The van der Waals surface area contributed by atoms with Crippen LogP contribution in [-0.2, 0) is 49.9 Å². The summed E-state index contributed by atoms with van der Waals surface area (Å²) in [6, 6.07) is 30.3. The van der Waals surface area contributed by atoms with E-state index in [-0.39, 0.29) is 34.0 Å². The zero-order valence-corrected chi connectivity index (χ0v) is 41.3. The Morgan fingerprint density at radius 2 is 1.02 bits per heavy atom. The molecule has 0 unspecified atom stereocenters. The van der Waals surface area contributed by atoms with Crippen LogP contribution in [0.2, 0.25) is 0 Å². The molecular weight excluding hydrogens is 1120 g/mol. The Labute approximate surface area is 394 Å². The van der Waals surface area contributed by atoms with Crippen LogP contribution >= 0.6 is 97.7 Å². The van der Waals surface area contributed by atoms with Gasteiger partial charge in [0.05, 0.1) is 12.7 Å². The second-order valence-corrected chi connectivity index (χ2v) is 16.4. The molecule has 8 nitrogen and oxygen atoms in total. The van der Waals surface area contributed by atoms with Crippen LogP contribution in [0.5, 0.6) is 0 Å². The molecule has 0 fully saturated rings. The quantitative estimate of drug-likeness (QED) is 0.123. The van der Waals surface area contributed by atoms with E-state index in [2.05, 4.69) is 223 Å². The summed E-state index contributed by atoms with van der Waals surface area (Å²) in [5.74, 6) is 0. The fourth-order valence-corrected chi connectivity index (χ4v) is 9.36. The minimum Gasteiger partial charge on any atom is -0.333 e. The van der Waals surface area contributed by atoms with Gasteiger partial charge < -0.3 is 9.13 Å². The maximum Gasteiger partial charge on any atom is 0.244 e. The molecule has 14 heteroatoms. The molecule has 0 saturated heterocycles. The molecule has 4 aromatic carbocycles. The minimum atomic E-state index is 0. The maximum atomic E-state index is 4.05. The molecule has 0 saturated carbocycles. The Kier molecular flexibility index (Phi) is 18.0. The second kappa shape index (κ2) is 22.8. The first-order valence-electron chi connectivity index (χ1n) is 18.2. The van der Waals surface area contributed by atoms with E-state index >= 15 is 0 Å². The summed E-state index contributed by atoms with van der Waals surface area (Å²) in [5.41, 5.74) is 10.4. The fourth-order valence-electron chi connectivity index (χ4n) is 6.62. The van der Waals surface area contributed by atoms with Crippen molar-refractivity contribution in [3.63, 3.8) is 0 Å². The molecule has 8 aromatic rings. The van der Waals surface area contributed by atoms with Crippen molar-refractivity contribution in [2.45, 2.75) is 49.9 Å². The van der Waals surface area contributed by atoms with E-state index in [1.165, 1.54) is 53.5 Å². The molecule has 0 amide bonds. The van der Waals surface area contributed by atoms with E-state index < -0.39 is 0 Å². The van der Waals surface area contributed by atoms with Gasteiger partial charge in [-0.05, 0) is 55.4 Å². The molecule has 300 valence electrons. The molecular formula is C44H44Br6N8+2. The summed E-state index contributed by atoms with van der Waals surface area (Å²) < 4.78 is 15.5. The largest absolute Gasteiger partial charge is 0.333 e. The van der Waals surface area contributed by atoms with Gasteiger partial charge in [0.1, 0.15) is 51.0 Å². The summed E-state index contributed by atoms with van der Waals surface area (Å²) in [7, 11) is 0. The lowest BCUT2D eigenvalue weighted by molar-refractivity contribution is -0.688. The molecule has 0 atom stereocenters. The number of aromatic nitrogens is 8. The fraction of sp³-hybridized carbons (Fsp3) is 0.182. The minimum absolute atomic E-state index is 0. The summed E-state index contributed by atoms with van der Waals surface area (Å²) in [6.07, 6.45) is 24.2. The van der Waals surface area contributed by atoms with Gasteiger partial charge in [-0.2, -0.15) is 0 Å². The van der Waals surface area contributed by atoms with E-state index in [1.807, 2.05) is 25.0 Å². The highest BCUT2D eigenvalue weighted by atomic mass is 79.9. The Morgan fingerprint density at radius 3 is 1.48 bits per heavy atom. The predicted octanol–water partition coefficient (Wildman–Crippen LogP) is 10.7. The molecule has 9 rings (SSSR count). The summed E-state index contributed by atoms with van der Waals surface area (Å²) in [6.45, 7) is 5.19. The third-order valence-electron chi connectivity index (χ3n) is 9.37. The zero-order valence-electron chi connectivity index (χ0n) is 31.6. The van der Waals surface area contributed by atoms with Gasteiger partial charge >= 0.3 is 0 Å². The lowest BCUT2D eigenvalue weighted by Crippen LogP contribution is -2.33. The van der Waals surface area contributed by atoms with Crippen molar-refractivity contribution >= 4 is 97.7 Å². The van der Waals surface area contributed by atoms with Gasteiger partial charge in [0.15, 0.2) is 0 Å². The van der Waals surface area contributed by atoms with Gasteiger partial charge in [0.2, 0.25) is 12.7 Å². The van der Waals surface area contributed by atoms with E-state index in [0.29, 0.717) is 0 Å². The number of benzene rings is 4. The van der Waals surface area contributed by atoms with Crippen molar-refractivity contribution < 1.29 is 9.13 Å². The summed E-state index contributed by atoms with van der Waals surface area (Å²) in [5, 5.41) is 1.79. The van der Waals surface area contributed by atoms with Crippen molar-refractivity contribution in [3.8, 4) is 0 Å². The van der Waals surface area contributed by atoms with Crippen molar-refractivity contribution in [2.24, 2.45) is 0 Å². The number of alkyl halides is 2. The normalized spacial score (nSPS) is 11.5. The van der Waals surface area contributed by atoms with Gasteiger partial charge in [-0.25, -0.2) is 28.2 Å². The van der Waals surface area contributed by atoms with Gasteiger partial charge in [-0.15, -0.1) is 34.0 Å². The maximum absolute atomic E-state index is 4.05. The summed E-state index contributed by atoms with van der Waals surface area (Å²) >= 11 is 14.2. The lowest BCUT2D eigenvalue weighted by atomic mass is 10.1. The van der Waals surface area contributed by atoms with E-state index in [1.54, 1.807) is 12.4 Å². The number of nitrogens with zero attached hydrogens (tertiary/aromatic N) is 8. The first kappa shape index (κ1) is 45.7. The highest BCUT2D eigenvalue weighted by Gasteiger charge is 2.14. The van der Waals surface area contributed by atoms with Crippen LogP contribution < -0.4 is 9.13 Å². The smallest absolute Gasteiger partial charge is 0.244 e. The number of hydrogen-bond donors (Lipinski definition) is 0. The number of hydrogen-bond acceptors (Lipinski definition) is 2. The number of fused-ring (bicyclic) bond motifs is 8. The molecule has 0 spiro atoms. The first-order valence-corrected chi connectivity index (χ1v) is 22.1.